The van der Waals surface area contributed by atoms with Crippen molar-refractivity contribution in [2.24, 2.45) is 13.0 Å². The molecule has 1 aromatic carbocycles. The molecule has 0 bridgehead atoms. The highest BCUT2D eigenvalue weighted by molar-refractivity contribution is 5.94. The van der Waals surface area contributed by atoms with Crippen molar-refractivity contribution in [3.05, 3.63) is 24.0 Å². The Hall–Kier alpha value is -2.37. The van der Waals surface area contributed by atoms with Gasteiger partial charge in [-0.1, -0.05) is 26.2 Å². The average molecular weight is 356 g/mol. The third-order valence-electron chi connectivity index (χ3n) is 5.21. The van der Waals surface area contributed by atoms with E-state index in [0.717, 1.165) is 48.2 Å². The van der Waals surface area contributed by atoms with Crippen LogP contribution in [0.25, 0.3) is 11.0 Å². The van der Waals surface area contributed by atoms with E-state index in [2.05, 4.69) is 15.6 Å². The predicted octanol–water partition coefficient (Wildman–Crippen LogP) is 3.16. The normalized spacial score (nSPS) is 15.2. The molecule has 2 N–H and O–H groups in total. The summed E-state index contributed by atoms with van der Waals surface area (Å²) in [6.07, 6.45) is 6.69. The fourth-order valence-corrected chi connectivity index (χ4v) is 3.60. The van der Waals surface area contributed by atoms with Crippen LogP contribution in [0.4, 0.5) is 5.69 Å². The van der Waals surface area contributed by atoms with E-state index >= 15 is 0 Å². The summed E-state index contributed by atoms with van der Waals surface area (Å²) in [5.41, 5.74) is 2.69. The Morgan fingerprint density at radius 2 is 2.00 bits per heavy atom. The molecule has 6 nitrogen and oxygen atoms in total. The van der Waals surface area contributed by atoms with Crippen LogP contribution in [0.5, 0.6) is 0 Å². The van der Waals surface area contributed by atoms with Gasteiger partial charge in [-0.25, -0.2) is 4.98 Å². The SMILES string of the molecule is CCC(=O)NCCc1nc2cc(NC(=O)C3CCCCC3)ccc2n1C. The van der Waals surface area contributed by atoms with Gasteiger partial charge in [0.15, 0.2) is 0 Å². The Morgan fingerprint density at radius 3 is 2.73 bits per heavy atom. The number of fused-ring (bicyclic) bond motifs is 1. The molecule has 1 aliphatic carbocycles. The zero-order chi connectivity index (χ0) is 18.5. The van der Waals surface area contributed by atoms with Gasteiger partial charge < -0.3 is 15.2 Å². The lowest BCUT2D eigenvalue weighted by Gasteiger charge is -2.20. The van der Waals surface area contributed by atoms with Crippen LogP contribution in [0.2, 0.25) is 0 Å². The molecular weight excluding hydrogens is 328 g/mol. The van der Waals surface area contributed by atoms with Crippen LogP contribution < -0.4 is 10.6 Å². The van der Waals surface area contributed by atoms with Gasteiger partial charge in [-0.05, 0) is 31.0 Å². The third-order valence-corrected chi connectivity index (χ3v) is 5.21. The first-order chi connectivity index (χ1) is 12.6. The standard InChI is InChI=1S/C20H28N4O2/c1-3-19(25)21-12-11-18-23-16-13-15(9-10-17(16)24(18)2)22-20(26)14-7-5-4-6-8-14/h9-10,13-14H,3-8,11-12H2,1-2H3,(H,21,25)(H,22,26). The molecule has 1 heterocycles. The maximum atomic E-state index is 12.4. The second-order valence-corrected chi connectivity index (χ2v) is 7.07. The third kappa shape index (κ3) is 4.23. The number of benzene rings is 1. The first kappa shape index (κ1) is 18.4. The summed E-state index contributed by atoms with van der Waals surface area (Å²) in [7, 11) is 1.98. The molecule has 0 unspecified atom stereocenters. The summed E-state index contributed by atoms with van der Waals surface area (Å²) in [4.78, 5) is 28.5. The first-order valence-electron chi connectivity index (χ1n) is 9.61. The summed E-state index contributed by atoms with van der Waals surface area (Å²) in [5.74, 6) is 1.24. The van der Waals surface area contributed by atoms with Crippen LogP contribution in [0.3, 0.4) is 0 Å². The second kappa shape index (κ2) is 8.34. The van der Waals surface area contributed by atoms with E-state index in [-0.39, 0.29) is 17.7 Å². The minimum absolute atomic E-state index is 0.0523. The van der Waals surface area contributed by atoms with Crippen LogP contribution in [0.1, 0.15) is 51.3 Å². The van der Waals surface area contributed by atoms with Crippen LogP contribution >= 0.6 is 0 Å². The van der Waals surface area contributed by atoms with E-state index in [0.29, 0.717) is 19.4 Å². The first-order valence-corrected chi connectivity index (χ1v) is 9.61. The number of hydrogen-bond donors (Lipinski definition) is 2. The maximum Gasteiger partial charge on any atom is 0.227 e. The Morgan fingerprint density at radius 1 is 1.23 bits per heavy atom. The number of carbonyl (C=O) groups is 2. The zero-order valence-corrected chi connectivity index (χ0v) is 15.7. The molecule has 1 saturated carbocycles. The van der Waals surface area contributed by atoms with Gasteiger partial charge in [0.05, 0.1) is 11.0 Å². The minimum Gasteiger partial charge on any atom is -0.356 e. The molecule has 26 heavy (non-hydrogen) atoms. The van der Waals surface area contributed by atoms with Crippen molar-refractivity contribution in [2.75, 3.05) is 11.9 Å². The fraction of sp³-hybridized carbons (Fsp3) is 0.550. The number of amides is 2. The highest BCUT2D eigenvalue weighted by Gasteiger charge is 2.21. The van der Waals surface area contributed by atoms with Gasteiger partial charge in [-0.2, -0.15) is 0 Å². The average Bonchev–Trinajstić information content (AvgIpc) is 2.97. The summed E-state index contributed by atoms with van der Waals surface area (Å²) >= 11 is 0. The molecule has 1 aliphatic rings. The van der Waals surface area contributed by atoms with E-state index < -0.39 is 0 Å². The molecule has 0 radical (unpaired) electrons. The molecule has 0 atom stereocenters. The highest BCUT2D eigenvalue weighted by atomic mass is 16.2. The number of aromatic nitrogens is 2. The molecule has 1 fully saturated rings. The Balaban J connectivity index is 1.68. The van der Waals surface area contributed by atoms with Crippen LogP contribution in [-0.4, -0.2) is 27.9 Å². The number of hydrogen-bond acceptors (Lipinski definition) is 3. The summed E-state index contributed by atoms with van der Waals surface area (Å²) in [6, 6.07) is 5.87. The summed E-state index contributed by atoms with van der Waals surface area (Å²) < 4.78 is 2.04. The topological polar surface area (TPSA) is 76.0 Å². The number of carbonyl (C=O) groups excluding carboxylic acids is 2. The van der Waals surface area contributed by atoms with Gasteiger partial charge in [0.25, 0.3) is 0 Å². The maximum absolute atomic E-state index is 12.4. The van der Waals surface area contributed by atoms with Crippen molar-refractivity contribution in [3.8, 4) is 0 Å². The molecule has 2 aromatic rings. The largest absolute Gasteiger partial charge is 0.356 e. The van der Waals surface area contributed by atoms with Gasteiger partial charge >= 0.3 is 0 Å². The number of imidazole rings is 1. The van der Waals surface area contributed by atoms with Crippen molar-refractivity contribution in [1.29, 1.82) is 0 Å². The van der Waals surface area contributed by atoms with Crippen LogP contribution in [0, 0.1) is 5.92 Å². The molecule has 2 amide bonds. The number of nitrogens with one attached hydrogen (secondary N) is 2. The number of anilines is 1. The Labute approximate surface area is 154 Å². The molecule has 1 aromatic heterocycles. The lowest BCUT2D eigenvalue weighted by molar-refractivity contribution is -0.121. The van der Waals surface area contributed by atoms with Crippen molar-refractivity contribution in [3.63, 3.8) is 0 Å². The van der Waals surface area contributed by atoms with E-state index in [4.69, 9.17) is 0 Å². The number of rotatable bonds is 6. The van der Waals surface area contributed by atoms with Gasteiger partial charge in [-0.15, -0.1) is 0 Å². The molecule has 140 valence electrons. The zero-order valence-electron chi connectivity index (χ0n) is 15.7. The molecule has 6 heteroatoms. The molecule has 0 aliphatic heterocycles. The Kier molecular flexibility index (Phi) is 5.91. The van der Waals surface area contributed by atoms with Crippen LogP contribution in [0.15, 0.2) is 18.2 Å². The summed E-state index contributed by atoms with van der Waals surface area (Å²) in [5, 5.41) is 5.93. The minimum atomic E-state index is 0.0523. The highest BCUT2D eigenvalue weighted by Crippen LogP contribution is 2.26. The van der Waals surface area contributed by atoms with Gasteiger partial charge in [0.2, 0.25) is 11.8 Å². The van der Waals surface area contributed by atoms with Crippen molar-refractivity contribution in [1.82, 2.24) is 14.9 Å². The fourth-order valence-electron chi connectivity index (χ4n) is 3.60. The van der Waals surface area contributed by atoms with Gasteiger partial charge in [-0.3, -0.25) is 9.59 Å². The van der Waals surface area contributed by atoms with Crippen molar-refractivity contribution in [2.45, 2.75) is 51.9 Å². The van der Waals surface area contributed by atoms with Crippen LogP contribution in [-0.2, 0) is 23.1 Å². The quantitative estimate of drug-likeness (QED) is 0.835. The second-order valence-electron chi connectivity index (χ2n) is 7.07. The summed E-state index contributed by atoms with van der Waals surface area (Å²) in [6.45, 7) is 2.42. The van der Waals surface area contributed by atoms with Crippen molar-refractivity contribution < 1.29 is 9.59 Å². The van der Waals surface area contributed by atoms with Gasteiger partial charge in [0.1, 0.15) is 5.82 Å². The lowest BCUT2D eigenvalue weighted by Crippen LogP contribution is -2.25. The van der Waals surface area contributed by atoms with Gasteiger partial charge in [0, 0.05) is 38.0 Å². The van der Waals surface area contributed by atoms with E-state index in [1.807, 2.05) is 36.7 Å². The van der Waals surface area contributed by atoms with Crippen molar-refractivity contribution >= 4 is 28.5 Å². The monoisotopic (exact) mass is 356 g/mol. The number of nitrogens with zero attached hydrogens (tertiary/aromatic N) is 2. The van der Waals surface area contributed by atoms with E-state index in [1.165, 1.54) is 6.42 Å². The Bertz CT molecular complexity index is 790. The van der Waals surface area contributed by atoms with E-state index in [9.17, 15) is 9.59 Å². The smallest absolute Gasteiger partial charge is 0.227 e. The molecule has 0 spiro atoms. The molecular formula is C20H28N4O2. The number of aryl methyl sites for hydroxylation is 1. The van der Waals surface area contributed by atoms with E-state index in [1.54, 1.807) is 0 Å². The molecule has 0 saturated heterocycles. The predicted molar refractivity (Wildman–Crippen MR) is 103 cm³/mol. The lowest BCUT2D eigenvalue weighted by atomic mass is 9.88. The molecule has 3 rings (SSSR count).